The molecule has 2 aromatic carbocycles. The lowest BCUT2D eigenvalue weighted by atomic mass is 9.84. The smallest absolute Gasteiger partial charge is 0.319 e. The predicted molar refractivity (Wildman–Crippen MR) is 145 cm³/mol. The number of rotatable bonds is 8. The van der Waals surface area contributed by atoms with Gasteiger partial charge in [0, 0.05) is 32.2 Å². The van der Waals surface area contributed by atoms with Crippen LogP contribution in [0.15, 0.2) is 42.5 Å². The fourth-order valence-electron chi connectivity index (χ4n) is 5.10. The van der Waals surface area contributed by atoms with Crippen LogP contribution in [0.4, 0.5) is 16.2 Å². The maximum atomic E-state index is 12.5. The van der Waals surface area contributed by atoms with Gasteiger partial charge in [-0.05, 0) is 75.8 Å². The van der Waals surface area contributed by atoms with Crippen LogP contribution < -0.4 is 20.3 Å². The Balaban J connectivity index is 1.14. The molecule has 1 saturated heterocycles. The van der Waals surface area contributed by atoms with Crippen molar-refractivity contribution in [3.8, 4) is 5.75 Å². The first-order valence-electron chi connectivity index (χ1n) is 12.7. The van der Waals surface area contributed by atoms with E-state index in [0.717, 1.165) is 57.2 Å². The van der Waals surface area contributed by atoms with Crippen LogP contribution in [-0.4, -0.2) is 56.3 Å². The molecule has 4 rings (SSSR count). The fourth-order valence-corrected chi connectivity index (χ4v) is 5.52. The highest BCUT2D eigenvalue weighted by molar-refractivity contribution is 6.43. The van der Waals surface area contributed by atoms with Gasteiger partial charge < -0.3 is 20.3 Å². The summed E-state index contributed by atoms with van der Waals surface area (Å²) in [6, 6.07) is 13.5. The van der Waals surface area contributed by atoms with Gasteiger partial charge >= 0.3 is 6.03 Å². The standard InChI is InChI=1S/C27H36Cl2N4O2/c1-2-35-25-9-4-3-7-23(25)31-27(34)30-21-12-10-20(11-13-21)14-15-32-16-18-33(19-17-32)24-8-5-6-22(28)26(24)29/h3-9,20-21H,2,10-19H2,1H3,(H2,30,31,34)/t20-,21-. The van der Waals surface area contributed by atoms with Gasteiger partial charge in [-0.15, -0.1) is 0 Å². The molecule has 2 aliphatic rings. The molecular formula is C27H36Cl2N4O2. The van der Waals surface area contributed by atoms with Crippen LogP contribution in [0.25, 0.3) is 0 Å². The third kappa shape index (κ3) is 7.18. The maximum absolute atomic E-state index is 12.5. The summed E-state index contributed by atoms with van der Waals surface area (Å²) in [5, 5.41) is 7.36. The quantitative estimate of drug-likeness (QED) is 0.431. The van der Waals surface area contributed by atoms with Crippen LogP contribution in [0.3, 0.4) is 0 Å². The number of nitrogens with one attached hydrogen (secondary N) is 2. The first-order valence-corrected chi connectivity index (χ1v) is 13.5. The molecule has 0 bridgehead atoms. The van der Waals surface area contributed by atoms with Gasteiger partial charge in [-0.25, -0.2) is 4.79 Å². The van der Waals surface area contributed by atoms with Gasteiger partial charge in [-0.1, -0.05) is 41.4 Å². The third-order valence-corrected chi connectivity index (χ3v) is 7.92. The Morgan fingerprint density at radius 2 is 1.74 bits per heavy atom. The lowest BCUT2D eigenvalue weighted by Gasteiger charge is -2.37. The number of ether oxygens (including phenoxy) is 1. The Labute approximate surface area is 218 Å². The summed E-state index contributed by atoms with van der Waals surface area (Å²) in [6.45, 7) is 7.67. The molecule has 190 valence electrons. The Kier molecular flexibility index (Phi) is 9.41. The van der Waals surface area contributed by atoms with E-state index in [1.165, 1.54) is 19.3 Å². The number of amides is 2. The Bertz CT molecular complexity index is 973. The number of nitrogens with zero attached hydrogens (tertiary/aromatic N) is 2. The average molecular weight is 520 g/mol. The Morgan fingerprint density at radius 1 is 1.00 bits per heavy atom. The van der Waals surface area contributed by atoms with Crippen LogP contribution in [-0.2, 0) is 0 Å². The van der Waals surface area contributed by atoms with E-state index in [-0.39, 0.29) is 12.1 Å². The highest BCUT2D eigenvalue weighted by Crippen LogP contribution is 2.33. The highest BCUT2D eigenvalue weighted by Gasteiger charge is 2.25. The summed E-state index contributed by atoms with van der Waals surface area (Å²) in [6.07, 6.45) is 5.62. The molecule has 8 heteroatoms. The zero-order valence-electron chi connectivity index (χ0n) is 20.4. The first kappa shape index (κ1) is 25.9. The van der Waals surface area contributed by atoms with Gasteiger partial charge in [-0.2, -0.15) is 0 Å². The van der Waals surface area contributed by atoms with Crippen LogP contribution in [0, 0.1) is 5.92 Å². The van der Waals surface area contributed by atoms with Gasteiger partial charge in [0.05, 0.1) is 28.0 Å². The molecule has 1 aliphatic carbocycles. The molecule has 0 unspecified atom stereocenters. The number of benzene rings is 2. The minimum absolute atomic E-state index is 0.154. The molecule has 35 heavy (non-hydrogen) atoms. The molecule has 1 heterocycles. The molecule has 0 radical (unpaired) electrons. The van der Waals surface area contributed by atoms with Crippen LogP contribution in [0.1, 0.15) is 39.0 Å². The van der Waals surface area contributed by atoms with Crippen molar-refractivity contribution in [1.29, 1.82) is 0 Å². The largest absolute Gasteiger partial charge is 0.492 e. The summed E-state index contributed by atoms with van der Waals surface area (Å²) in [4.78, 5) is 17.4. The predicted octanol–water partition coefficient (Wildman–Crippen LogP) is 6.28. The molecular weight excluding hydrogens is 483 g/mol. The van der Waals surface area contributed by atoms with Gasteiger partial charge in [0.25, 0.3) is 0 Å². The fraction of sp³-hybridized carbons (Fsp3) is 0.519. The molecule has 0 atom stereocenters. The van der Waals surface area contributed by atoms with E-state index >= 15 is 0 Å². The topological polar surface area (TPSA) is 56.8 Å². The molecule has 2 aromatic rings. The second-order valence-corrected chi connectivity index (χ2v) is 10.2. The zero-order valence-corrected chi connectivity index (χ0v) is 22.0. The lowest BCUT2D eigenvalue weighted by molar-refractivity contribution is 0.208. The number of hydrogen-bond acceptors (Lipinski definition) is 4. The number of piperazine rings is 1. The number of urea groups is 1. The van der Waals surface area contributed by atoms with Crippen LogP contribution >= 0.6 is 23.2 Å². The van der Waals surface area contributed by atoms with Gasteiger partial charge in [0.1, 0.15) is 5.75 Å². The molecule has 1 aliphatic heterocycles. The van der Waals surface area contributed by atoms with Crippen molar-refractivity contribution in [1.82, 2.24) is 10.2 Å². The normalized spacial score (nSPS) is 20.9. The minimum Gasteiger partial charge on any atom is -0.492 e. The van der Waals surface area contributed by atoms with Crippen molar-refractivity contribution in [2.24, 2.45) is 5.92 Å². The number of hydrogen-bond donors (Lipinski definition) is 2. The Morgan fingerprint density at radius 3 is 2.49 bits per heavy atom. The summed E-state index contributed by atoms with van der Waals surface area (Å²) < 4.78 is 5.60. The number of para-hydroxylation sites is 2. The van der Waals surface area contributed by atoms with Crippen molar-refractivity contribution in [3.63, 3.8) is 0 Å². The minimum atomic E-state index is -0.154. The van der Waals surface area contributed by atoms with E-state index in [0.29, 0.717) is 28.1 Å². The van der Waals surface area contributed by atoms with Crippen molar-refractivity contribution in [2.45, 2.75) is 45.1 Å². The monoisotopic (exact) mass is 518 g/mol. The van der Waals surface area contributed by atoms with Crippen molar-refractivity contribution in [2.75, 3.05) is 49.5 Å². The van der Waals surface area contributed by atoms with Crippen LogP contribution in [0.2, 0.25) is 10.0 Å². The van der Waals surface area contributed by atoms with E-state index in [1.807, 2.05) is 49.4 Å². The SMILES string of the molecule is CCOc1ccccc1NC(=O)N[C@H]1CC[C@H](CCN2CCN(c3cccc(Cl)c3Cl)CC2)CC1. The van der Waals surface area contributed by atoms with Gasteiger partial charge in [-0.3, -0.25) is 4.90 Å². The van der Waals surface area contributed by atoms with Crippen molar-refractivity contribution in [3.05, 3.63) is 52.5 Å². The molecule has 2 amide bonds. The molecule has 0 aromatic heterocycles. The first-order chi connectivity index (χ1) is 17.0. The van der Waals surface area contributed by atoms with Crippen molar-refractivity contribution < 1.29 is 9.53 Å². The highest BCUT2D eigenvalue weighted by atomic mass is 35.5. The third-order valence-electron chi connectivity index (χ3n) is 7.11. The van der Waals surface area contributed by atoms with Crippen molar-refractivity contribution >= 4 is 40.6 Å². The summed E-state index contributed by atoms with van der Waals surface area (Å²) in [5.74, 6) is 1.43. The van der Waals surface area contributed by atoms with Gasteiger partial charge in [0.15, 0.2) is 0 Å². The molecule has 1 saturated carbocycles. The van der Waals surface area contributed by atoms with E-state index in [9.17, 15) is 4.79 Å². The van der Waals surface area contributed by atoms with E-state index in [4.69, 9.17) is 27.9 Å². The van der Waals surface area contributed by atoms with Gasteiger partial charge in [0.2, 0.25) is 0 Å². The molecule has 2 fully saturated rings. The average Bonchev–Trinajstić information content (AvgIpc) is 2.87. The Hall–Kier alpha value is -2.15. The number of carbonyl (C=O) groups is 1. The van der Waals surface area contributed by atoms with E-state index < -0.39 is 0 Å². The van der Waals surface area contributed by atoms with Crippen LogP contribution in [0.5, 0.6) is 5.75 Å². The summed E-state index contributed by atoms with van der Waals surface area (Å²) >= 11 is 12.6. The number of carbonyl (C=O) groups excluding carboxylic acids is 1. The summed E-state index contributed by atoms with van der Waals surface area (Å²) in [7, 11) is 0. The summed E-state index contributed by atoms with van der Waals surface area (Å²) in [5.41, 5.74) is 1.74. The molecule has 0 spiro atoms. The van der Waals surface area contributed by atoms with E-state index in [1.54, 1.807) is 0 Å². The van der Waals surface area contributed by atoms with E-state index in [2.05, 4.69) is 20.4 Å². The number of halogens is 2. The number of anilines is 2. The maximum Gasteiger partial charge on any atom is 0.319 e. The second kappa shape index (κ2) is 12.7. The molecule has 2 N–H and O–H groups in total. The second-order valence-electron chi connectivity index (χ2n) is 9.44. The molecule has 6 nitrogen and oxygen atoms in total. The lowest BCUT2D eigenvalue weighted by Crippen LogP contribution is -2.47. The zero-order chi connectivity index (χ0) is 24.6.